The van der Waals surface area contributed by atoms with E-state index in [-0.39, 0.29) is 6.03 Å². The van der Waals surface area contributed by atoms with Crippen molar-refractivity contribution in [2.24, 2.45) is 0 Å². The van der Waals surface area contributed by atoms with Crippen molar-refractivity contribution in [2.75, 3.05) is 51.3 Å². The number of ether oxygens (including phenoxy) is 2. The van der Waals surface area contributed by atoms with Crippen LogP contribution in [0.2, 0.25) is 0 Å². The number of aryl methyl sites for hydroxylation is 1. The van der Waals surface area contributed by atoms with Crippen molar-refractivity contribution in [1.29, 1.82) is 0 Å². The van der Waals surface area contributed by atoms with E-state index in [0.717, 1.165) is 36.7 Å². The molecule has 1 heterocycles. The van der Waals surface area contributed by atoms with E-state index in [1.165, 1.54) is 5.56 Å². The van der Waals surface area contributed by atoms with E-state index in [1.807, 2.05) is 54.3 Å². The highest BCUT2D eigenvalue weighted by molar-refractivity contribution is 5.74. The molecule has 0 aliphatic carbocycles. The molecule has 1 aliphatic rings. The van der Waals surface area contributed by atoms with Crippen LogP contribution in [0.3, 0.4) is 0 Å². The Kier molecular flexibility index (Phi) is 7.00. The molecule has 1 aliphatic heterocycles. The molecular weight excluding hydrogens is 354 g/mol. The number of benzene rings is 2. The van der Waals surface area contributed by atoms with E-state index in [2.05, 4.69) is 16.3 Å². The third-order valence-corrected chi connectivity index (χ3v) is 4.85. The number of methoxy groups -OCH3 is 1. The van der Waals surface area contributed by atoms with Gasteiger partial charge in [0.05, 0.1) is 19.4 Å². The van der Waals surface area contributed by atoms with E-state index in [4.69, 9.17) is 9.47 Å². The van der Waals surface area contributed by atoms with Crippen LogP contribution in [0, 0.1) is 6.92 Å². The van der Waals surface area contributed by atoms with Gasteiger partial charge in [-0.3, -0.25) is 0 Å². The lowest BCUT2D eigenvalue weighted by atomic mass is 10.2. The monoisotopic (exact) mass is 383 g/mol. The molecule has 0 saturated carbocycles. The van der Waals surface area contributed by atoms with Gasteiger partial charge < -0.3 is 24.6 Å². The molecule has 2 aromatic rings. The van der Waals surface area contributed by atoms with Crippen LogP contribution in [0.4, 0.5) is 10.5 Å². The molecule has 6 heteroatoms. The molecule has 1 fully saturated rings. The van der Waals surface area contributed by atoms with Crippen LogP contribution in [-0.2, 0) is 0 Å². The third-order valence-electron chi connectivity index (χ3n) is 4.85. The van der Waals surface area contributed by atoms with Gasteiger partial charge in [-0.05, 0) is 43.2 Å². The third kappa shape index (κ3) is 5.31. The lowest BCUT2D eigenvalue weighted by molar-refractivity contribution is 0.193. The number of rotatable bonds is 7. The Bertz CT molecular complexity index is 773. The van der Waals surface area contributed by atoms with E-state index in [9.17, 15) is 4.79 Å². The Morgan fingerprint density at radius 3 is 2.61 bits per heavy atom. The summed E-state index contributed by atoms with van der Waals surface area (Å²) in [5.74, 6) is 1.74. The number of urea groups is 1. The Balaban J connectivity index is 1.36. The first-order valence-corrected chi connectivity index (χ1v) is 9.77. The first-order valence-electron chi connectivity index (χ1n) is 9.77. The van der Waals surface area contributed by atoms with Gasteiger partial charge in [0.25, 0.3) is 0 Å². The SMILES string of the molecule is COc1ccccc1N1CCN(C(=O)NCCCOc2cccc(C)c2)CC1. The first-order chi connectivity index (χ1) is 13.7. The number of hydrogen-bond acceptors (Lipinski definition) is 4. The number of carbonyl (C=O) groups excluding carboxylic acids is 1. The van der Waals surface area contributed by atoms with E-state index in [0.29, 0.717) is 26.2 Å². The van der Waals surface area contributed by atoms with Crippen molar-refractivity contribution in [3.05, 3.63) is 54.1 Å². The Labute approximate surface area is 167 Å². The molecule has 0 aromatic heterocycles. The topological polar surface area (TPSA) is 54.0 Å². The second-order valence-electron chi connectivity index (χ2n) is 6.90. The summed E-state index contributed by atoms with van der Waals surface area (Å²) in [6.07, 6.45) is 0.779. The van der Waals surface area contributed by atoms with Crippen molar-refractivity contribution in [2.45, 2.75) is 13.3 Å². The van der Waals surface area contributed by atoms with Gasteiger partial charge in [-0.15, -0.1) is 0 Å². The number of hydrogen-bond donors (Lipinski definition) is 1. The zero-order valence-corrected chi connectivity index (χ0v) is 16.7. The highest BCUT2D eigenvalue weighted by Crippen LogP contribution is 2.28. The van der Waals surface area contributed by atoms with Gasteiger partial charge in [0.1, 0.15) is 11.5 Å². The quantitative estimate of drug-likeness (QED) is 0.746. The molecule has 3 rings (SSSR count). The van der Waals surface area contributed by atoms with Crippen LogP contribution < -0.4 is 19.7 Å². The summed E-state index contributed by atoms with van der Waals surface area (Å²) in [6.45, 7) is 6.23. The van der Waals surface area contributed by atoms with Gasteiger partial charge in [0.2, 0.25) is 0 Å². The van der Waals surface area contributed by atoms with Gasteiger partial charge in [-0.1, -0.05) is 24.3 Å². The second-order valence-corrected chi connectivity index (χ2v) is 6.90. The molecule has 1 N–H and O–H groups in total. The molecule has 28 heavy (non-hydrogen) atoms. The maximum absolute atomic E-state index is 12.4. The number of nitrogens with one attached hydrogen (secondary N) is 1. The average Bonchev–Trinajstić information content (AvgIpc) is 2.73. The van der Waals surface area contributed by atoms with Crippen LogP contribution in [0.5, 0.6) is 11.5 Å². The summed E-state index contributed by atoms with van der Waals surface area (Å²) < 4.78 is 11.2. The second kappa shape index (κ2) is 9.88. The average molecular weight is 383 g/mol. The van der Waals surface area contributed by atoms with Gasteiger partial charge in [0.15, 0.2) is 0 Å². The zero-order chi connectivity index (χ0) is 19.8. The predicted molar refractivity (Wildman–Crippen MR) is 111 cm³/mol. The standard InChI is InChI=1S/C22H29N3O3/c1-18-7-5-8-19(17-18)28-16-6-11-23-22(26)25-14-12-24(13-15-25)20-9-3-4-10-21(20)27-2/h3-5,7-10,17H,6,11-16H2,1-2H3,(H,23,26). The summed E-state index contributed by atoms with van der Waals surface area (Å²) >= 11 is 0. The minimum Gasteiger partial charge on any atom is -0.495 e. The molecule has 150 valence electrons. The molecule has 2 amide bonds. The smallest absolute Gasteiger partial charge is 0.317 e. The number of carbonyl (C=O) groups is 1. The van der Waals surface area contributed by atoms with Crippen LogP contribution in [-0.4, -0.2) is 57.4 Å². The predicted octanol–water partition coefficient (Wildman–Crippen LogP) is 3.30. The van der Waals surface area contributed by atoms with E-state index >= 15 is 0 Å². The molecule has 6 nitrogen and oxygen atoms in total. The van der Waals surface area contributed by atoms with Crippen molar-refractivity contribution < 1.29 is 14.3 Å². The highest BCUT2D eigenvalue weighted by atomic mass is 16.5. The normalized spacial score (nSPS) is 13.9. The Morgan fingerprint density at radius 1 is 1.07 bits per heavy atom. The summed E-state index contributed by atoms with van der Waals surface area (Å²) in [5, 5.41) is 2.99. The van der Waals surface area contributed by atoms with Gasteiger partial charge in [-0.25, -0.2) is 4.79 Å². The summed E-state index contributed by atoms with van der Waals surface area (Å²) in [7, 11) is 1.69. The van der Waals surface area contributed by atoms with E-state index in [1.54, 1.807) is 7.11 Å². The summed E-state index contributed by atoms with van der Waals surface area (Å²) in [6, 6.07) is 16.0. The molecule has 2 aromatic carbocycles. The molecule has 0 radical (unpaired) electrons. The molecule has 0 bridgehead atoms. The molecular formula is C22H29N3O3. The van der Waals surface area contributed by atoms with Gasteiger partial charge in [0, 0.05) is 32.7 Å². The van der Waals surface area contributed by atoms with Crippen molar-refractivity contribution in [1.82, 2.24) is 10.2 Å². The molecule has 1 saturated heterocycles. The number of para-hydroxylation sites is 2. The first kappa shape index (κ1) is 19.9. The van der Waals surface area contributed by atoms with Crippen LogP contribution in [0.25, 0.3) is 0 Å². The molecule has 0 unspecified atom stereocenters. The fourth-order valence-corrected chi connectivity index (χ4v) is 3.32. The maximum atomic E-state index is 12.4. The summed E-state index contributed by atoms with van der Waals surface area (Å²) in [4.78, 5) is 16.5. The van der Waals surface area contributed by atoms with Crippen LogP contribution >= 0.6 is 0 Å². The van der Waals surface area contributed by atoms with Crippen molar-refractivity contribution >= 4 is 11.7 Å². The van der Waals surface area contributed by atoms with Gasteiger partial charge >= 0.3 is 6.03 Å². The minimum atomic E-state index is -0.00441. The van der Waals surface area contributed by atoms with Crippen LogP contribution in [0.15, 0.2) is 48.5 Å². The van der Waals surface area contributed by atoms with Gasteiger partial charge in [-0.2, -0.15) is 0 Å². The van der Waals surface area contributed by atoms with Crippen molar-refractivity contribution in [3.8, 4) is 11.5 Å². The van der Waals surface area contributed by atoms with Crippen molar-refractivity contribution in [3.63, 3.8) is 0 Å². The molecule has 0 atom stereocenters. The number of nitrogens with zero attached hydrogens (tertiary/aromatic N) is 2. The molecule has 0 spiro atoms. The summed E-state index contributed by atoms with van der Waals surface area (Å²) in [5.41, 5.74) is 2.26. The Hall–Kier alpha value is -2.89. The minimum absolute atomic E-state index is 0.00441. The number of amides is 2. The Morgan fingerprint density at radius 2 is 1.86 bits per heavy atom. The van der Waals surface area contributed by atoms with E-state index < -0.39 is 0 Å². The highest BCUT2D eigenvalue weighted by Gasteiger charge is 2.22. The lowest BCUT2D eigenvalue weighted by Crippen LogP contribution is -2.52. The number of piperazine rings is 1. The number of anilines is 1. The van der Waals surface area contributed by atoms with Crippen LogP contribution in [0.1, 0.15) is 12.0 Å². The zero-order valence-electron chi connectivity index (χ0n) is 16.7. The largest absolute Gasteiger partial charge is 0.495 e. The fourth-order valence-electron chi connectivity index (χ4n) is 3.32. The maximum Gasteiger partial charge on any atom is 0.317 e. The fraction of sp³-hybridized carbons (Fsp3) is 0.409. The lowest BCUT2D eigenvalue weighted by Gasteiger charge is -2.36.